The minimum Gasteiger partial charge on any atom is -0.343 e. The van der Waals surface area contributed by atoms with Crippen molar-refractivity contribution in [3.8, 4) is 0 Å². The molecule has 1 fully saturated rings. The van der Waals surface area contributed by atoms with Crippen LogP contribution in [0.25, 0.3) is 0 Å². The lowest BCUT2D eigenvalue weighted by atomic mass is 10.0. The van der Waals surface area contributed by atoms with Crippen LogP contribution in [0.15, 0.2) is 29.2 Å². The molecule has 1 aromatic rings. The normalized spacial score (nSPS) is 16.5. The molecule has 158 valence electrons. The molecule has 0 spiro atoms. The molecule has 0 N–H and O–H groups in total. The molecule has 0 bridgehead atoms. The number of sulfonamides is 1. The Morgan fingerprint density at radius 3 is 2.36 bits per heavy atom. The molecular weight excluding hydrogens is 381 g/mol. The van der Waals surface area contributed by atoms with E-state index in [-0.39, 0.29) is 23.4 Å². The summed E-state index contributed by atoms with van der Waals surface area (Å²) in [4.78, 5) is 16.8. The average molecular weight is 414 g/mol. The summed E-state index contributed by atoms with van der Waals surface area (Å²) in [5.74, 6) is -0.419. The van der Waals surface area contributed by atoms with Crippen LogP contribution in [0.2, 0.25) is 0 Å². The Hall–Kier alpha value is -1.51. The van der Waals surface area contributed by atoms with Gasteiger partial charge in [-0.05, 0) is 56.5 Å². The van der Waals surface area contributed by atoms with Crippen molar-refractivity contribution in [2.75, 3.05) is 40.3 Å². The van der Waals surface area contributed by atoms with Crippen molar-refractivity contribution in [2.24, 2.45) is 0 Å². The Balaban J connectivity index is 1.79. The molecule has 0 atom stereocenters. The zero-order valence-corrected chi connectivity index (χ0v) is 17.9. The van der Waals surface area contributed by atoms with Gasteiger partial charge in [0, 0.05) is 46.2 Å². The molecule has 0 unspecified atom stereocenters. The molecule has 0 aromatic heterocycles. The monoisotopic (exact) mass is 413 g/mol. The number of likely N-dealkylation sites (tertiary alicyclic amines) is 1. The lowest BCUT2D eigenvalue weighted by Crippen LogP contribution is -2.45. The molecule has 0 aliphatic carbocycles. The molecule has 6 nitrogen and oxygen atoms in total. The predicted octanol–water partition coefficient (Wildman–Crippen LogP) is 2.56. The SMILES string of the molecule is CCCN1CCC(N(C)C(=O)CCCN(C)S(=O)(=O)c2ccc(F)cc2)CC1. The van der Waals surface area contributed by atoms with Gasteiger partial charge in [-0.15, -0.1) is 0 Å². The molecule has 1 aliphatic rings. The van der Waals surface area contributed by atoms with Crippen LogP contribution in [0.5, 0.6) is 0 Å². The maximum absolute atomic E-state index is 13.0. The maximum Gasteiger partial charge on any atom is 0.242 e. The second-order valence-corrected chi connectivity index (χ2v) is 9.51. The number of carbonyl (C=O) groups is 1. The number of hydrogen-bond donors (Lipinski definition) is 0. The first-order chi connectivity index (χ1) is 13.3. The summed E-state index contributed by atoms with van der Waals surface area (Å²) in [5.41, 5.74) is 0. The number of piperidine rings is 1. The Bertz CT molecular complexity index is 732. The molecule has 2 rings (SSSR count). The van der Waals surface area contributed by atoms with Crippen LogP contribution in [0.3, 0.4) is 0 Å². The average Bonchev–Trinajstić information content (AvgIpc) is 2.68. The number of amides is 1. The molecule has 28 heavy (non-hydrogen) atoms. The van der Waals surface area contributed by atoms with Gasteiger partial charge in [-0.2, -0.15) is 0 Å². The third-order valence-corrected chi connectivity index (χ3v) is 7.29. The lowest BCUT2D eigenvalue weighted by molar-refractivity contribution is -0.133. The third-order valence-electron chi connectivity index (χ3n) is 5.42. The first kappa shape index (κ1) is 22.8. The maximum atomic E-state index is 13.0. The van der Waals surface area contributed by atoms with Crippen molar-refractivity contribution < 1.29 is 17.6 Å². The number of hydrogen-bond acceptors (Lipinski definition) is 4. The first-order valence-electron chi connectivity index (χ1n) is 9.95. The number of benzene rings is 1. The van der Waals surface area contributed by atoms with Gasteiger partial charge in [0.1, 0.15) is 5.82 Å². The molecule has 1 heterocycles. The summed E-state index contributed by atoms with van der Waals surface area (Å²) in [5, 5.41) is 0. The van der Waals surface area contributed by atoms with Crippen molar-refractivity contribution in [3.63, 3.8) is 0 Å². The molecule has 8 heteroatoms. The second kappa shape index (κ2) is 10.3. The number of halogens is 1. The highest BCUT2D eigenvalue weighted by Gasteiger charge is 2.25. The zero-order chi connectivity index (χ0) is 20.7. The van der Waals surface area contributed by atoms with Crippen LogP contribution in [-0.2, 0) is 14.8 Å². The Kier molecular flexibility index (Phi) is 8.39. The Morgan fingerprint density at radius 2 is 1.79 bits per heavy atom. The summed E-state index contributed by atoms with van der Waals surface area (Å²) in [6, 6.07) is 5.03. The second-order valence-electron chi connectivity index (χ2n) is 7.46. The van der Waals surface area contributed by atoms with E-state index in [2.05, 4.69) is 11.8 Å². The van der Waals surface area contributed by atoms with Gasteiger partial charge in [0.2, 0.25) is 15.9 Å². The molecule has 1 aliphatic heterocycles. The van der Waals surface area contributed by atoms with E-state index >= 15 is 0 Å². The Morgan fingerprint density at radius 1 is 1.18 bits per heavy atom. The molecule has 0 saturated carbocycles. The highest BCUT2D eigenvalue weighted by molar-refractivity contribution is 7.89. The minimum absolute atomic E-state index is 0.0543. The van der Waals surface area contributed by atoms with Gasteiger partial charge in [0.15, 0.2) is 0 Å². The summed E-state index contributed by atoms with van der Waals surface area (Å²) in [6.07, 6.45) is 3.89. The van der Waals surface area contributed by atoms with Crippen LogP contribution in [0.1, 0.15) is 39.0 Å². The van der Waals surface area contributed by atoms with E-state index in [1.807, 2.05) is 11.9 Å². The predicted molar refractivity (Wildman–Crippen MR) is 108 cm³/mol. The zero-order valence-electron chi connectivity index (χ0n) is 17.1. The molecule has 1 aromatic carbocycles. The Labute approximate surface area is 168 Å². The number of rotatable bonds is 9. The first-order valence-corrected chi connectivity index (χ1v) is 11.4. The van der Waals surface area contributed by atoms with Crippen molar-refractivity contribution in [3.05, 3.63) is 30.1 Å². The topological polar surface area (TPSA) is 60.9 Å². The third kappa shape index (κ3) is 5.99. The highest BCUT2D eigenvalue weighted by Crippen LogP contribution is 2.18. The van der Waals surface area contributed by atoms with Crippen molar-refractivity contribution >= 4 is 15.9 Å². The standard InChI is InChI=1S/C20H32FN3O3S/c1-4-13-24-15-11-18(12-16-24)23(3)20(25)6-5-14-22(2)28(26,27)19-9-7-17(21)8-10-19/h7-10,18H,4-6,11-16H2,1-3H3. The summed E-state index contributed by atoms with van der Waals surface area (Å²) < 4.78 is 39.2. The van der Waals surface area contributed by atoms with Gasteiger partial charge in [-0.3, -0.25) is 4.79 Å². The number of nitrogens with zero attached hydrogens (tertiary/aromatic N) is 3. The summed E-state index contributed by atoms with van der Waals surface area (Å²) >= 11 is 0. The summed E-state index contributed by atoms with van der Waals surface area (Å²) in [6.45, 7) is 5.58. The van der Waals surface area contributed by atoms with Crippen LogP contribution < -0.4 is 0 Å². The van der Waals surface area contributed by atoms with Gasteiger partial charge in [0.25, 0.3) is 0 Å². The largest absolute Gasteiger partial charge is 0.343 e. The van der Waals surface area contributed by atoms with Crippen molar-refractivity contribution in [2.45, 2.75) is 50.0 Å². The van der Waals surface area contributed by atoms with Gasteiger partial charge in [-0.25, -0.2) is 17.1 Å². The molecule has 0 radical (unpaired) electrons. The highest BCUT2D eigenvalue weighted by atomic mass is 32.2. The van der Waals surface area contributed by atoms with E-state index in [0.717, 1.165) is 51.0 Å². The van der Waals surface area contributed by atoms with Gasteiger partial charge in [-0.1, -0.05) is 6.92 Å². The van der Waals surface area contributed by atoms with Crippen LogP contribution in [0.4, 0.5) is 4.39 Å². The van der Waals surface area contributed by atoms with Crippen LogP contribution >= 0.6 is 0 Å². The van der Waals surface area contributed by atoms with Crippen molar-refractivity contribution in [1.29, 1.82) is 0 Å². The van der Waals surface area contributed by atoms with Gasteiger partial charge < -0.3 is 9.80 Å². The van der Waals surface area contributed by atoms with Crippen molar-refractivity contribution in [1.82, 2.24) is 14.1 Å². The fourth-order valence-electron chi connectivity index (χ4n) is 3.59. The van der Waals surface area contributed by atoms with E-state index < -0.39 is 15.8 Å². The van der Waals surface area contributed by atoms with E-state index in [4.69, 9.17) is 0 Å². The van der Waals surface area contributed by atoms with E-state index in [1.54, 1.807) is 0 Å². The molecule has 1 saturated heterocycles. The fourth-order valence-corrected chi connectivity index (χ4v) is 4.80. The molecule has 1 amide bonds. The number of carbonyl (C=O) groups excluding carboxylic acids is 1. The van der Waals surface area contributed by atoms with E-state index in [1.165, 1.54) is 23.5 Å². The quantitative estimate of drug-likeness (QED) is 0.624. The van der Waals surface area contributed by atoms with E-state index in [0.29, 0.717) is 12.8 Å². The minimum atomic E-state index is -3.67. The fraction of sp³-hybridized carbons (Fsp3) is 0.650. The van der Waals surface area contributed by atoms with Crippen LogP contribution in [0, 0.1) is 5.82 Å². The molecular formula is C20H32FN3O3S. The van der Waals surface area contributed by atoms with Gasteiger partial charge in [0.05, 0.1) is 4.90 Å². The van der Waals surface area contributed by atoms with E-state index in [9.17, 15) is 17.6 Å². The smallest absolute Gasteiger partial charge is 0.242 e. The summed E-state index contributed by atoms with van der Waals surface area (Å²) in [7, 11) is -0.339. The van der Waals surface area contributed by atoms with Gasteiger partial charge >= 0.3 is 0 Å². The lowest BCUT2D eigenvalue weighted by Gasteiger charge is -2.36. The van der Waals surface area contributed by atoms with Crippen LogP contribution in [-0.4, -0.2) is 74.7 Å².